The Labute approximate surface area is 111 Å². The van der Waals surface area contributed by atoms with Crippen molar-refractivity contribution in [2.75, 3.05) is 20.1 Å². The molecule has 1 saturated heterocycles. The topological polar surface area (TPSA) is 73.7 Å². The summed E-state index contributed by atoms with van der Waals surface area (Å²) in [7, 11) is 1.71. The molecule has 1 aromatic rings. The second-order valence-electron chi connectivity index (χ2n) is 4.70. The summed E-state index contributed by atoms with van der Waals surface area (Å²) in [5.41, 5.74) is 1.03. The largest absolute Gasteiger partial charge is 0.481 e. The minimum absolute atomic E-state index is 0.122. The van der Waals surface area contributed by atoms with Gasteiger partial charge in [0, 0.05) is 39.1 Å². The fraction of sp³-hybridized carbons (Fsp3) is 0.462. The molecule has 0 aliphatic carbocycles. The predicted molar refractivity (Wildman–Crippen MR) is 68.3 cm³/mol. The van der Waals surface area contributed by atoms with Crippen LogP contribution in [0.15, 0.2) is 24.5 Å². The molecule has 1 aliphatic rings. The van der Waals surface area contributed by atoms with Gasteiger partial charge in [-0.15, -0.1) is 0 Å². The number of carbonyl (C=O) groups excluding carboxylic acids is 1. The van der Waals surface area contributed by atoms with Crippen molar-refractivity contribution in [2.45, 2.75) is 19.0 Å². The van der Waals surface area contributed by atoms with Crippen LogP contribution in [0.3, 0.4) is 0 Å². The number of amides is 1. The highest BCUT2D eigenvalue weighted by molar-refractivity contribution is 5.86. The second kappa shape index (κ2) is 5.79. The normalized spacial score (nSPS) is 20.6. The van der Waals surface area contributed by atoms with Crippen LogP contribution >= 0.6 is 0 Å². The number of hydrogen-bond donors (Lipinski definition) is 1. The highest BCUT2D eigenvalue weighted by Crippen LogP contribution is 2.16. The first-order valence-corrected chi connectivity index (χ1v) is 6.17. The van der Waals surface area contributed by atoms with Gasteiger partial charge < -0.3 is 10.0 Å². The van der Waals surface area contributed by atoms with E-state index >= 15 is 0 Å². The molecule has 2 rings (SSSR count). The van der Waals surface area contributed by atoms with Crippen molar-refractivity contribution in [1.29, 1.82) is 0 Å². The average Bonchev–Trinajstić information content (AvgIpc) is 2.39. The summed E-state index contributed by atoms with van der Waals surface area (Å²) in [4.78, 5) is 30.4. The minimum atomic E-state index is -0.951. The standard InChI is InChI=1S/C13H17N3O3/c1-15-6-7-16(9-10-2-4-14-5-3-10)11(13(15)19)8-12(17)18/h2-5,11H,6-9H2,1H3,(H,17,18). The van der Waals surface area contributed by atoms with E-state index in [2.05, 4.69) is 4.98 Å². The molecule has 1 N–H and O–H groups in total. The summed E-state index contributed by atoms with van der Waals surface area (Å²) in [6.07, 6.45) is 3.23. The molecule has 102 valence electrons. The fourth-order valence-corrected chi connectivity index (χ4v) is 2.25. The highest BCUT2D eigenvalue weighted by Gasteiger charge is 2.34. The first-order valence-electron chi connectivity index (χ1n) is 6.17. The molecular formula is C13H17N3O3. The van der Waals surface area contributed by atoms with Crippen LogP contribution in [0.25, 0.3) is 0 Å². The smallest absolute Gasteiger partial charge is 0.305 e. The summed E-state index contributed by atoms with van der Waals surface area (Å²) in [5.74, 6) is -1.07. The van der Waals surface area contributed by atoms with Crippen LogP contribution in [0, 0.1) is 0 Å². The molecule has 0 radical (unpaired) electrons. The molecule has 0 saturated carbocycles. The molecule has 2 heterocycles. The monoisotopic (exact) mass is 263 g/mol. The minimum Gasteiger partial charge on any atom is -0.481 e. The summed E-state index contributed by atoms with van der Waals surface area (Å²) in [6, 6.07) is 3.17. The van der Waals surface area contributed by atoms with E-state index in [1.165, 1.54) is 0 Å². The average molecular weight is 263 g/mol. The molecule has 0 spiro atoms. The molecule has 1 amide bonds. The van der Waals surface area contributed by atoms with Crippen LogP contribution in [0.2, 0.25) is 0 Å². The third-order valence-corrected chi connectivity index (χ3v) is 3.33. The Bertz CT molecular complexity index is 463. The number of carboxylic acids is 1. The summed E-state index contributed by atoms with van der Waals surface area (Å²) in [6.45, 7) is 1.88. The van der Waals surface area contributed by atoms with Gasteiger partial charge in [0.05, 0.1) is 6.42 Å². The van der Waals surface area contributed by atoms with E-state index in [1.807, 2.05) is 17.0 Å². The third kappa shape index (κ3) is 3.29. The van der Waals surface area contributed by atoms with Crippen molar-refractivity contribution in [2.24, 2.45) is 0 Å². The van der Waals surface area contributed by atoms with E-state index < -0.39 is 12.0 Å². The second-order valence-corrected chi connectivity index (χ2v) is 4.70. The maximum absolute atomic E-state index is 12.1. The molecule has 6 nitrogen and oxygen atoms in total. The third-order valence-electron chi connectivity index (χ3n) is 3.33. The lowest BCUT2D eigenvalue weighted by Gasteiger charge is -2.38. The van der Waals surface area contributed by atoms with Gasteiger partial charge in [0.2, 0.25) is 5.91 Å². The Morgan fingerprint density at radius 1 is 1.42 bits per heavy atom. The first-order chi connectivity index (χ1) is 9.08. The van der Waals surface area contributed by atoms with E-state index in [4.69, 9.17) is 5.11 Å². The summed E-state index contributed by atoms with van der Waals surface area (Å²) >= 11 is 0. The molecule has 1 atom stereocenters. The molecule has 6 heteroatoms. The summed E-state index contributed by atoms with van der Waals surface area (Å²) < 4.78 is 0. The van der Waals surface area contributed by atoms with E-state index in [-0.39, 0.29) is 12.3 Å². The zero-order valence-corrected chi connectivity index (χ0v) is 10.8. The Morgan fingerprint density at radius 3 is 2.74 bits per heavy atom. The lowest BCUT2D eigenvalue weighted by Crippen LogP contribution is -2.55. The number of likely N-dealkylation sites (N-methyl/N-ethyl adjacent to an activating group) is 1. The maximum atomic E-state index is 12.1. The van der Waals surface area contributed by atoms with Gasteiger partial charge in [-0.25, -0.2) is 0 Å². The number of hydrogen-bond acceptors (Lipinski definition) is 4. The van der Waals surface area contributed by atoms with Crippen molar-refractivity contribution in [3.8, 4) is 0 Å². The van der Waals surface area contributed by atoms with Crippen LogP contribution in [-0.4, -0.2) is 57.9 Å². The number of rotatable bonds is 4. The van der Waals surface area contributed by atoms with E-state index in [9.17, 15) is 9.59 Å². The fourth-order valence-electron chi connectivity index (χ4n) is 2.25. The van der Waals surface area contributed by atoms with Gasteiger partial charge in [-0.1, -0.05) is 0 Å². The number of carbonyl (C=O) groups is 2. The summed E-state index contributed by atoms with van der Waals surface area (Å²) in [5, 5.41) is 8.95. The Morgan fingerprint density at radius 2 is 2.11 bits per heavy atom. The number of nitrogens with zero attached hydrogens (tertiary/aromatic N) is 3. The number of aliphatic carboxylic acids is 1. The zero-order chi connectivity index (χ0) is 13.8. The quantitative estimate of drug-likeness (QED) is 0.840. The van der Waals surface area contributed by atoms with Crippen molar-refractivity contribution in [1.82, 2.24) is 14.8 Å². The number of aromatic nitrogens is 1. The SMILES string of the molecule is CN1CCN(Cc2ccncc2)C(CC(=O)O)C1=O. The predicted octanol–water partition coefficient (Wildman–Crippen LogP) is 0.199. The number of carboxylic acid groups (broad SMARTS) is 1. The van der Waals surface area contributed by atoms with Gasteiger partial charge in [-0.05, 0) is 17.7 Å². The van der Waals surface area contributed by atoms with Crippen LogP contribution in [0.5, 0.6) is 0 Å². The van der Waals surface area contributed by atoms with Gasteiger partial charge >= 0.3 is 5.97 Å². The lowest BCUT2D eigenvalue weighted by molar-refractivity contribution is -0.148. The van der Waals surface area contributed by atoms with E-state index in [0.717, 1.165) is 5.56 Å². The molecule has 1 fully saturated rings. The van der Waals surface area contributed by atoms with Gasteiger partial charge in [0.15, 0.2) is 0 Å². The molecule has 0 aromatic carbocycles. The molecule has 0 bridgehead atoms. The van der Waals surface area contributed by atoms with E-state index in [1.54, 1.807) is 24.3 Å². The maximum Gasteiger partial charge on any atom is 0.305 e. The van der Waals surface area contributed by atoms with Crippen LogP contribution < -0.4 is 0 Å². The molecule has 1 aromatic heterocycles. The van der Waals surface area contributed by atoms with Gasteiger partial charge in [0.25, 0.3) is 0 Å². The molecular weight excluding hydrogens is 246 g/mol. The van der Waals surface area contributed by atoms with Crippen molar-refractivity contribution >= 4 is 11.9 Å². The Hall–Kier alpha value is -1.95. The Balaban J connectivity index is 2.12. The highest BCUT2D eigenvalue weighted by atomic mass is 16.4. The van der Waals surface area contributed by atoms with Crippen LogP contribution in [0.1, 0.15) is 12.0 Å². The lowest BCUT2D eigenvalue weighted by atomic mass is 10.1. The number of piperazine rings is 1. The molecule has 1 aliphatic heterocycles. The van der Waals surface area contributed by atoms with Crippen molar-refractivity contribution in [3.63, 3.8) is 0 Å². The van der Waals surface area contributed by atoms with Crippen molar-refractivity contribution < 1.29 is 14.7 Å². The number of pyridine rings is 1. The molecule has 1 unspecified atom stereocenters. The van der Waals surface area contributed by atoms with Gasteiger partial charge in [-0.3, -0.25) is 19.5 Å². The van der Waals surface area contributed by atoms with Crippen molar-refractivity contribution in [3.05, 3.63) is 30.1 Å². The van der Waals surface area contributed by atoms with Gasteiger partial charge in [0.1, 0.15) is 6.04 Å². The van der Waals surface area contributed by atoms with Crippen LogP contribution in [0.4, 0.5) is 0 Å². The zero-order valence-electron chi connectivity index (χ0n) is 10.8. The van der Waals surface area contributed by atoms with E-state index in [0.29, 0.717) is 19.6 Å². The van der Waals surface area contributed by atoms with Crippen LogP contribution in [-0.2, 0) is 16.1 Å². The molecule has 19 heavy (non-hydrogen) atoms. The van der Waals surface area contributed by atoms with Gasteiger partial charge in [-0.2, -0.15) is 0 Å². The Kier molecular flexibility index (Phi) is 4.11. The first kappa shape index (κ1) is 13.5.